The van der Waals surface area contributed by atoms with Crippen LogP contribution >= 0.6 is 0 Å². The molecule has 1 heterocycles. The molecule has 0 aromatic heterocycles. The zero-order valence-corrected chi connectivity index (χ0v) is 12.6. The lowest BCUT2D eigenvalue weighted by Crippen LogP contribution is -2.37. The lowest BCUT2D eigenvalue weighted by atomic mass is 10.1. The molecule has 2 amide bonds. The Balaban J connectivity index is 1.93. The number of nitrogens with zero attached hydrogens (tertiary/aromatic N) is 1. The molecule has 1 aliphatic rings. The van der Waals surface area contributed by atoms with Gasteiger partial charge in [-0.1, -0.05) is 0 Å². The molecule has 0 spiro atoms. The maximum Gasteiger partial charge on any atom is 0.223 e. The largest absolute Gasteiger partial charge is 0.369 e. The van der Waals surface area contributed by atoms with Gasteiger partial charge in [-0.3, -0.25) is 9.59 Å². The van der Waals surface area contributed by atoms with Crippen molar-refractivity contribution in [2.45, 2.75) is 6.42 Å². The third-order valence-corrected chi connectivity index (χ3v) is 3.45. The van der Waals surface area contributed by atoms with E-state index in [9.17, 15) is 9.59 Å². The van der Waals surface area contributed by atoms with Crippen molar-refractivity contribution in [3.63, 3.8) is 0 Å². The molecular weight excluding hydrogens is 272 g/mol. The Hall–Kier alpha value is -1.22. The van der Waals surface area contributed by atoms with Gasteiger partial charge < -0.3 is 32.3 Å². The first-order valence-corrected chi connectivity index (χ1v) is 7.54. The Morgan fingerprint density at radius 3 is 2.19 bits per heavy atom. The first-order valence-electron chi connectivity index (χ1n) is 7.54. The highest BCUT2D eigenvalue weighted by molar-refractivity contribution is 5.88. The summed E-state index contributed by atoms with van der Waals surface area (Å²) in [6.45, 7) is 6.86. The second kappa shape index (κ2) is 10.5. The molecule has 1 saturated heterocycles. The Bertz CT molecular complexity index is 326. The van der Waals surface area contributed by atoms with E-state index in [4.69, 9.17) is 11.5 Å². The van der Waals surface area contributed by atoms with Crippen LogP contribution in [0.3, 0.4) is 0 Å². The van der Waals surface area contributed by atoms with Crippen LogP contribution in [0.1, 0.15) is 6.42 Å². The number of rotatable bonds is 12. The minimum Gasteiger partial charge on any atom is -0.369 e. The fourth-order valence-electron chi connectivity index (χ4n) is 2.22. The monoisotopic (exact) mass is 300 g/mol. The number of nitrogens with one attached hydrogen (secondary N) is 3. The normalized spacial score (nSPS) is 18.4. The Labute approximate surface area is 126 Å². The highest BCUT2D eigenvalue weighted by Crippen LogP contribution is 2.16. The first-order chi connectivity index (χ1) is 10.1. The molecule has 1 atom stereocenters. The van der Waals surface area contributed by atoms with Crippen LogP contribution in [0.5, 0.6) is 0 Å². The zero-order valence-electron chi connectivity index (χ0n) is 12.6. The Kier molecular flexibility index (Phi) is 8.91. The molecule has 0 radical (unpaired) electrons. The lowest BCUT2D eigenvalue weighted by molar-refractivity contribution is -0.128. The van der Waals surface area contributed by atoms with Crippen molar-refractivity contribution in [3.8, 4) is 0 Å². The van der Waals surface area contributed by atoms with Gasteiger partial charge in [0.1, 0.15) is 0 Å². The lowest BCUT2D eigenvalue weighted by Gasteiger charge is -2.16. The van der Waals surface area contributed by atoms with Crippen molar-refractivity contribution in [2.75, 3.05) is 58.9 Å². The van der Waals surface area contributed by atoms with E-state index in [1.165, 1.54) is 0 Å². The van der Waals surface area contributed by atoms with Crippen molar-refractivity contribution in [1.29, 1.82) is 0 Å². The van der Waals surface area contributed by atoms with E-state index in [1.54, 1.807) is 4.90 Å². The maximum atomic E-state index is 11.6. The van der Waals surface area contributed by atoms with Crippen LogP contribution < -0.4 is 27.4 Å². The Morgan fingerprint density at radius 2 is 1.67 bits per heavy atom. The number of hydrogen-bond donors (Lipinski definition) is 5. The smallest absolute Gasteiger partial charge is 0.223 e. The minimum atomic E-state index is -0.383. The summed E-state index contributed by atoms with van der Waals surface area (Å²) in [6, 6.07) is 0. The number of nitrogens with two attached hydrogens (primary N) is 2. The van der Waals surface area contributed by atoms with Crippen LogP contribution in [0, 0.1) is 5.92 Å². The zero-order chi connectivity index (χ0) is 15.5. The fraction of sp³-hybridized carbons (Fsp3) is 0.846. The predicted molar refractivity (Wildman–Crippen MR) is 81.5 cm³/mol. The van der Waals surface area contributed by atoms with Gasteiger partial charge in [0.2, 0.25) is 11.8 Å². The van der Waals surface area contributed by atoms with E-state index in [-0.39, 0.29) is 24.2 Å². The molecule has 0 saturated carbocycles. The molecule has 1 fully saturated rings. The van der Waals surface area contributed by atoms with Gasteiger partial charge in [0.25, 0.3) is 0 Å². The van der Waals surface area contributed by atoms with E-state index < -0.39 is 0 Å². The van der Waals surface area contributed by atoms with Gasteiger partial charge in [-0.25, -0.2) is 0 Å². The van der Waals surface area contributed by atoms with Crippen LogP contribution in [0.15, 0.2) is 0 Å². The summed E-state index contributed by atoms with van der Waals surface area (Å²) >= 11 is 0. The number of likely N-dealkylation sites (tertiary alicyclic amines) is 1. The quantitative estimate of drug-likeness (QED) is 0.245. The molecule has 1 aliphatic heterocycles. The molecular formula is C13H28N6O2. The van der Waals surface area contributed by atoms with Crippen LogP contribution in [0.25, 0.3) is 0 Å². The van der Waals surface area contributed by atoms with E-state index >= 15 is 0 Å². The highest BCUT2D eigenvalue weighted by Gasteiger charge is 2.32. The highest BCUT2D eigenvalue weighted by atomic mass is 16.2. The van der Waals surface area contributed by atoms with Crippen molar-refractivity contribution in [1.82, 2.24) is 20.9 Å². The third-order valence-electron chi connectivity index (χ3n) is 3.45. The van der Waals surface area contributed by atoms with Crippen molar-refractivity contribution in [2.24, 2.45) is 17.4 Å². The molecule has 0 aromatic rings. The summed E-state index contributed by atoms with van der Waals surface area (Å²) in [5, 5.41) is 9.76. The number of carbonyl (C=O) groups is 2. The van der Waals surface area contributed by atoms with Crippen molar-refractivity contribution < 1.29 is 9.59 Å². The number of amides is 2. The van der Waals surface area contributed by atoms with Crippen molar-refractivity contribution >= 4 is 11.8 Å². The van der Waals surface area contributed by atoms with Gasteiger partial charge in [-0.15, -0.1) is 0 Å². The fourth-order valence-corrected chi connectivity index (χ4v) is 2.22. The summed E-state index contributed by atoms with van der Waals surface area (Å²) < 4.78 is 0. The molecule has 7 N–H and O–H groups in total. The minimum absolute atomic E-state index is 0.0182. The average molecular weight is 300 g/mol. The first kappa shape index (κ1) is 17.8. The van der Waals surface area contributed by atoms with Gasteiger partial charge in [-0.05, 0) is 0 Å². The number of carbonyl (C=O) groups excluding carboxylic acids is 2. The summed E-state index contributed by atoms with van der Waals surface area (Å²) in [7, 11) is 0. The molecule has 1 rings (SSSR count). The van der Waals surface area contributed by atoms with E-state index in [0.29, 0.717) is 19.6 Å². The topological polar surface area (TPSA) is 126 Å². The number of primary amides is 1. The second-order valence-corrected chi connectivity index (χ2v) is 5.18. The van der Waals surface area contributed by atoms with Crippen molar-refractivity contribution in [3.05, 3.63) is 0 Å². The molecule has 8 nitrogen and oxygen atoms in total. The van der Waals surface area contributed by atoms with Gasteiger partial charge in [0, 0.05) is 65.3 Å². The standard InChI is InChI=1S/C13H28N6O2/c14-1-2-16-3-4-17-5-6-18-7-8-19-10-11(13(15)21)9-12(19)20/h11,16-18H,1-10,14H2,(H2,15,21). The molecule has 0 aliphatic carbocycles. The maximum absolute atomic E-state index is 11.6. The van der Waals surface area contributed by atoms with Crippen LogP contribution in [0.2, 0.25) is 0 Å². The average Bonchev–Trinajstić information content (AvgIpc) is 2.82. The van der Waals surface area contributed by atoms with Crippen LogP contribution in [-0.4, -0.2) is 75.6 Å². The molecule has 0 bridgehead atoms. The van der Waals surface area contributed by atoms with E-state index in [0.717, 1.165) is 39.3 Å². The van der Waals surface area contributed by atoms with Gasteiger partial charge in [0.15, 0.2) is 0 Å². The van der Waals surface area contributed by atoms with E-state index in [2.05, 4.69) is 16.0 Å². The SMILES string of the molecule is NCCNCCNCCNCCN1CC(C(N)=O)CC1=O. The molecule has 122 valence electrons. The van der Waals surface area contributed by atoms with Crippen LogP contribution in [-0.2, 0) is 9.59 Å². The molecule has 0 aromatic carbocycles. The second-order valence-electron chi connectivity index (χ2n) is 5.18. The molecule has 1 unspecified atom stereocenters. The molecule has 21 heavy (non-hydrogen) atoms. The third kappa shape index (κ3) is 7.37. The van der Waals surface area contributed by atoms with Gasteiger partial charge >= 0.3 is 0 Å². The predicted octanol–water partition coefficient (Wildman–Crippen LogP) is -2.95. The van der Waals surface area contributed by atoms with Gasteiger partial charge in [-0.2, -0.15) is 0 Å². The van der Waals surface area contributed by atoms with Crippen LogP contribution in [0.4, 0.5) is 0 Å². The summed E-state index contributed by atoms with van der Waals surface area (Å²) in [6.07, 6.45) is 0.257. The van der Waals surface area contributed by atoms with Gasteiger partial charge in [0.05, 0.1) is 5.92 Å². The summed E-state index contributed by atoms with van der Waals surface area (Å²) in [4.78, 5) is 24.4. The summed E-state index contributed by atoms with van der Waals surface area (Å²) in [5.74, 6) is -0.684. The number of hydrogen-bond acceptors (Lipinski definition) is 6. The summed E-state index contributed by atoms with van der Waals surface area (Å²) in [5.41, 5.74) is 10.6. The van der Waals surface area contributed by atoms with E-state index in [1.807, 2.05) is 0 Å². The Morgan fingerprint density at radius 1 is 1.10 bits per heavy atom. The molecule has 8 heteroatoms.